The van der Waals surface area contributed by atoms with E-state index in [1.54, 1.807) is 34.1 Å². The Morgan fingerprint density at radius 1 is 0.416 bits per heavy atom. The number of carbonyl (C=O) groups excluding carboxylic acids is 7. The molecule has 0 radical (unpaired) electrons. The van der Waals surface area contributed by atoms with Crippen molar-refractivity contribution in [1.82, 2.24) is 36.4 Å². The molecule has 16 heteroatoms. The van der Waals surface area contributed by atoms with Crippen LogP contribution in [0, 0.1) is 23.7 Å². The predicted octanol–water partition coefficient (Wildman–Crippen LogP) is 6.30. The largest absolute Gasteiger partial charge is 0.480 e. The average molecular weight is 1050 g/mol. The lowest BCUT2D eigenvalue weighted by molar-refractivity contribution is -0.138. The highest BCUT2D eigenvalue weighted by molar-refractivity contribution is 6.00. The third-order valence-electron chi connectivity index (χ3n) is 16.3. The summed E-state index contributed by atoms with van der Waals surface area (Å²) in [5.74, 6) is -5.42. The van der Waals surface area contributed by atoms with Crippen LogP contribution >= 0.6 is 0 Å². The van der Waals surface area contributed by atoms with Gasteiger partial charge in [0.05, 0.1) is 23.7 Å². The standard InChI is InChI=1S/C61H73N7O9/c69-54(63-34-55(70)71)25-17-6-4-2-1-3-5-7-18-30-62-56(72)47-35-67(36-48(47)57(73)64-51-31-44(51)39-19-11-8-12-20-39)60(76)42-26-28-43(29-27-42)61(77)68-37-49(58(74)65-52-32-45(52)40-21-13-9-14-22-40)50(38-68)59(75)66-53-33-46(53)41-23-15-10-16-24-41/h8-16,19-24,26-29,44-53H,1-7,17-18,25,30-38H2,(H,62,72)(H,63,69)(H,64,73)(H,65,74)(H,66,75)(H,70,71)/t44-,45-,46-,47-,48-,49-,50-,51+,52+,53+/m1/s1. The minimum absolute atomic E-state index is 0.0460. The molecule has 3 saturated carbocycles. The Morgan fingerprint density at radius 2 is 0.753 bits per heavy atom. The number of hydrogen-bond acceptors (Lipinski definition) is 8. The highest BCUT2D eigenvalue weighted by Crippen LogP contribution is 2.44. The lowest BCUT2D eigenvalue weighted by atomic mass is 9.94. The number of nitrogens with zero attached hydrogens (tertiary/aromatic N) is 2. The van der Waals surface area contributed by atoms with Gasteiger partial charge in [-0.25, -0.2) is 0 Å². The number of unbranched alkanes of at least 4 members (excludes halogenated alkanes) is 8. The molecule has 3 aliphatic carbocycles. The van der Waals surface area contributed by atoms with E-state index >= 15 is 0 Å². The average Bonchev–Trinajstić information content (AvgIpc) is 4.42. The van der Waals surface area contributed by atoms with Crippen LogP contribution < -0.4 is 26.6 Å². The van der Waals surface area contributed by atoms with Gasteiger partial charge in [0.1, 0.15) is 6.54 Å². The van der Waals surface area contributed by atoms with Gasteiger partial charge in [-0.3, -0.25) is 38.4 Å². The fourth-order valence-electron chi connectivity index (χ4n) is 11.5. The van der Waals surface area contributed by atoms with Gasteiger partial charge >= 0.3 is 5.97 Å². The molecule has 0 bridgehead atoms. The second kappa shape index (κ2) is 25.7. The van der Waals surface area contributed by atoms with Gasteiger partial charge in [-0.15, -0.1) is 0 Å². The summed E-state index contributed by atoms with van der Waals surface area (Å²) < 4.78 is 0. The first-order valence-electron chi connectivity index (χ1n) is 27.9. The minimum atomic E-state index is -1.05. The summed E-state index contributed by atoms with van der Waals surface area (Å²) in [7, 11) is 0. The van der Waals surface area contributed by atoms with Gasteiger partial charge < -0.3 is 41.5 Å². The summed E-state index contributed by atoms with van der Waals surface area (Å²) in [4.78, 5) is 110. The fraction of sp³-hybridized carbons (Fsp3) is 0.475. The van der Waals surface area contributed by atoms with Crippen molar-refractivity contribution in [3.05, 3.63) is 143 Å². The molecule has 4 aromatic rings. The lowest BCUT2D eigenvalue weighted by Crippen LogP contribution is -2.43. The minimum Gasteiger partial charge on any atom is -0.480 e. The zero-order valence-corrected chi connectivity index (χ0v) is 43.8. The van der Waals surface area contributed by atoms with Gasteiger partial charge in [-0.2, -0.15) is 0 Å². The number of likely N-dealkylation sites (tertiary alicyclic amines) is 2. The van der Waals surface area contributed by atoms with Crippen LogP contribution in [0.3, 0.4) is 0 Å². The SMILES string of the molecule is O=C(O)CNC(=O)CCCCCCCCCCCNC(=O)[C@@H]1CN(C(=O)c2ccc(C(=O)N3C[C@@H](C(=O)N[C@H]4C[C@@H]4c4ccccc4)[C@H](C(=O)N[C@H]4C[C@@H]4c4ccccc4)C3)cc2)C[C@H]1C(=O)N[C@H]1C[C@@H]1c1ccccc1. The Hall–Kier alpha value is -7.36. The van der Waals surface area contributed by atoms with Crippen LogP contribution in [-0.4, -0.2) is 120 Å². The van der Waals surface area contributed by atoms with E-state index in [-0.39, 0.29) is 110 Å². The number of benzene rings is 4. The molecule has 4 aromatic carbocycles. The maximum Gasteiger partial charge on any atom is 0.322 e. The molecule has 2 aliphatic heterocycles. The Morgan fingerprint density at radius 3 is 1.12 bits per heavy atom. The first-order chi connectivity index (χ1) is 37.4. The molecule has 5 fully saturated rings. The van der Waals surface area contributed by atoms with Crippen molar-refractivity contribution in [3.63, 3.8) is 0 Å². The normalized spacial score (nSPS) is 24.8. The summed E-state index contributed by atoms with van der Waals surface area (Å²) in [5.41, 5.74) is 4.06. The van der Waals surface area contributed by atoms with Crippen molar-refractivity contribution in [3.8, 4) is 0 Å². The molecule has 406 valence electrons. The number of carboxylic acids is 1. The highest BCUT2D eigenvalue weighted by atomic mass is 16.4. The molecule has 16 nitrogen and oxygen atoms in total. The summed E-state index contributed by atoms with van der Waals surface area (Å²) >= 11 is 0. The van der Waals surface area contributed by atoms with Gasteiger partial charge in [0.2, 0.25) is 29.5 Å². The zero-order valence-electron chi connectivity index (χ0n) is 43.8. The van der Waals surface area contributed by atoms with Crippen LogP contribution in [0.25, 0.3) is 0 Å². The molecular formula is C61H73N7O9. The van der Waals surface area contributed by atoms with Gasteiger partial charge in [0.15, 0.2) is 0 Å². The topological polar surface area (TPSA) is 223 Å². The van der Waals surface area contributed by atoms with Crippen LogP contribution in [0.5, 0.6) is 0 Å². The van der Waals surface area contributed by atoms with Crippen LogP contribution in [0.1, 0.15) is 139 Å². The van der Waals surface area contributed by atoms with E-state index < -0.39 is 29.6 Å². The summed E-state index contributed by atoms with van der Waals surface area (Å²) in [6.45, 7) is 0.353. The maximum absolute atomic E-state index is 14.2. The third kappa shape index (κ3) is 14.6. The monoisotopic (exact) mass is 1050 g/mol. The third-order valence-corrected chi connectivity index (χ3v) is 16.3. The van der Waals surface area contributed by atoms with Crippen molar-refractivity contribution >= 4 is 47.3 Å². The van der Waals surface area contributed by atoms with E-state index in [1.165, 1.54) is 0 Å². The Labute approximate surface area is 450 Å². The van der Waals surface area contributed by atoms with Gasteiger partial charge in [-0.05, 0) is 73.1 Å². The van der Waals surface area contributed by atoms with E-state index in [9.17, 15) is 38.4 Å². The van der Waals surface area contributed by atoms with Crippen molar-refractivity contribution in [1.29, 1.82) is 0 Å². The van der Waals surface area contributed by atoms with E-state index in [0.717, 1.165) is 93.7 Å². The van der Waals surface area contributed by atoms with E-state index in [0.29, 0.717) is 24.1 Å². The predicted molar refractivity (Wildman–Crippen MR) is 289 cm³/mol. The molecule has 6 N–H and O–H groups in total. The Bertz CT molecular complexity index is 2650. The number of carbonyl (C=O) groups is 8. The van der Waals surface area contributed by atoms with E-state index in [1.807, 2.05) is 66.7 Å². The van der Waals surface area contributed by atoms with Crippen molar-refractivity contribution in [2.75, 3.05) is 39.3 Å². The molecule has 2 saturated heterocycles. The van der Waals surface area contributed by atoms with Gasteiger partial charge in [-0.1, -0.05) is 136 Å². The molecule has 0 spiro atoms. The molecule has 0 unspecified atom stereocenters. The summed E-state index contributed by atoms with van der Waals surface area (Å²) in [6, 6.07) is 36.2. The molecule has 0 aromatic heterocycles. The van der Waals surface area contributed by atoms with Crippen LogP contribution in [-0.2, 0) is 28.8 Å². The Kier molecular flexibility index (Phi) is 18.1. The highest BCUT2D eigenvalue weighted by Gasteiger charge is 2.50. The smallest absolute Gasteiger partial charge is 0.322 e. The summed E-state index contributed by atoms with van der Waals surface area (Å²) in [5, 5.41) is 23.7. The Balaban J connectivity index is 0.779. The molecule has 2 heterocycles. The number of hydrogen-bond donors (Lipinski definition) is 6. The number of nitrogens with one attached hydrogen (secondary N) is 5. The van der Waals surface area contributed by atoms with Gasteiger partial charge in [0, 0.05) is 86.2 Å². The van der Waals surface area contributed by atoms with Crippen LogP contribution in [0.4, 0.5) is 0 Å². The zero-order chi connectivity index (χ0) is 53.8. The number of aliphatic carboxylic acids is 1. The first-order valence-corrected chi connectivity index (χ1v) is 27.9. The molecular weight excluding hydrogens is 975 g/mol. The molecule has 77 heavy (non-hydrogen) atoms. The van der Waals surface area contributed by atoms with E-state index in [2.05, 4.69) is 50.8 Å². The van der Waals surface area contributed by atoms with Crippen molar-refractivity contribution < 1.29 is 43.5 Å². The van der Waals surface area contributed by atoms with Crippen molar-refractivity contribution in [2.45, 2.75) is 119 Å². The quantitative estimate of drug-likeness (QED) is 0.0388. The van der Waals surface area contributed by atoms with Crippen LogP contribution in [0.2, 0.25) is 0 Å². The summed E-state index contributed by atoms with van der Waals surface area (Å²) in [6.07, 6.45) is 11.3. The molecule has 10 atom stereocenters. The maximum atomic E-state index is 14.2. The number of rotatable bonds is 26. The lowest BCUT2D eigenvalue weighted by Gasteiger charge is -2.18. The van der Waals surface area contributed by atoms with E-state index in [4.69, 9.17) is 5.11 Å². The van der Waals surface area contributed by atoms with Crippen molar-refractivity contribution in [2.24, 2.45) is 23.7 Å². The second-order valence-electron chi connectivity index (χ2n) is 21.9. The molecule has 5 aliphatic rings. The fourth-order valence-corrected chi connectivity index (χ4v) is 11.5. The van der Waals surface area contributed by atoms with Crippen LogP contribution in [0.15, 0.2) is 115 Å². The number of amides is 7. The van der Waals surface area contributed by atoms with Gasteiger partial charge in [0.25, 0.3) is 11.8 Å². The molecule has 7 amide bonds. The molecule has 9 rings (SSSR count). The number of carboxylic acid groups (broad SMARTS) is 1. The second-order valence-corrected chi connectivity index (χ2v) is 21.9. The first kappa shape index (κ1) is 54.4.